The third-order valence-electron chi connectivity index (χ3n) is 2.90. The zero-order chi connectivity index (χ0) is 12.5. The van der Waals surface area contributed by atoms with Gasteiger partial charge in [0.2, 0.25) is 0 Å². The van der Waals surface area contributed by atoms with E-state index in [1.54, 1.807) is 6.20 Å². The van der Waals surface area contributed by atoms with E-state index in [0.717, 1.165) is 34.0 Å². The molecule has 0 unspecified atom stereocenters. The largest absolute Gasteiger partial charge is 0.303 e. The maximum absolute atomic E-state index is 5.90. The van der Waals surface area contributed by atoms with E-state index in [1.807, 2.05) is 41.1 Å². The van der Waals surface area contributed by atoms with E-state index in [0.29, 0.717) is 0 Å². The number of benzene rings is 1. The minimum absolute atomic E-state index is 0.725. The van der Waals surface area contributed by atoms with E-state index in [9.17, 15) is 0 Å². The molecule has 0 amide bonds. The van der Waals surface area contributed by atoms with Gasteiger partial charge in [-0.2, -0.15) is 0 Å². The van der Waals surface area contributed by atoms with Gasteiger partial charge in [-0.1, -0.05) is 30.7 Å². The molecule has 0 spiro atoms. The Morgan fingerprint density at radius 3 is 2.72 bits per heavy atom. The van der Waals surface area contributed by atoms with Crippen molar-refractivity contribution in [2.24, 2.45) is 0 Å². The number of aromatic nitrogens is 3. The molecule has 0 aliphatic rings. The van der Waals surface area contributed by atoms with Gasteiger partial charge >= 0.3 is 0 Å². The van der Waals surface area contributed by atoms with E-state index >= 15 is 0 Å². The lowest BCUT2D eigenvalue weighted by atomic mass is 10.1. The van der Waals surface area contributed by atoms with Gasteiger partial charge in [0.25, 0.3) is 0 Å². The molecule has 0 aliphatic carbocycles. The van der Waals surface area contributed by atoms with E-state index in [4.69, 9.17) is 11.6 Å². The molecule has 3 aromatic rings. The lowest BCUT2D eigenvalue weighted by Gasteiger charge is -2.02. The summed E-state index contributed by atoms with van der Waals surface area (Å²) in [6.45, 7) is 2.09. The van der Waals surface area contributed by atoms with Crippen LogP contribution in [0.25, 0.3) is 16.9 Å². The molecule has 18 heavy (non-hydrogen) atoms. The van der Waals surface area contributed by atoms with Crippen molar-refractivity contribution in [2.75, 3.05) is 0 Å². The molecular formula is C14H12ClN3. The molecule has 0 N–H and O–H groups in total. The minimum atomic E-state index is 0.725. The number of fused-ring (bicyclic) bond motifs is 1. The highest BCUT2D eigenvalue weighted by Gasteiger charge is 2.08. The number of halogens is 1. The van der Waals surface area contributed by atoms with Gasteiger partial charge < -0.3 is 4.40 Å². The predicted octanol–water partition coefficient (Wildman–Crippen LogP) is 3.61. The first-order chi connectivity index (χ1) is 8.78. The van der Waals surface area contributed by atoms with Crippen LogP contribution in [-0.4, -0.2) is 14.4 Å². The number of imidazole rings is 1. The van der Waals surface area contributed by atoms with Crippen LogP contribution in [0.2, 0.25) is 5.02 Å². The molecule has 2 heterocycles. The maximum atomic E-state index is 5.90. The van der Waals surface area contributed by atoms with Gasteiger partial charge in [-0.3, -0.25) is 4.98 Å². The fraction of sp³-hybridized carbons (Fsp3) is 0.143. The predicted molar refractivity (Wildman–Crippen MR) is 72.8 cm³/mol. The van der Waals surface area contributed by atoms with E-state index in [-0.39, 0.29) is 0 Å². The summed E-state index contributed by atoms with van der Waals surface area (Å²) in [6, 6.07) is 7.66. The van der Waals surface area contributed by atoms with Crippen molar-refractivity contribution in [1.29, 1.82) is 0 Å². The van der Waals surface area contributed by atoms with Gasteiger partial charge in [-0.15, -0.1) is 0 Å². The lowest BCUT2D eigenvalue weighted by molar-refractivity contribution is 1.07. The minimum Gasteiger partial charge on any atom is -0.303 e. The van der Waals surface area contributed by atoms with Gasteiger partial charge in [0.15, 0.2) is 5.65 Å². The van der Waals surface area contributed by atoms with Crippen molar-refractivity contribution in [3.63, 3.8) is 0 Å². The molecule has 0 fully saturated rings. The molecule has 0 bridgehead atoms. The fourth-order valence-corrected chi connectivity index (χ4v) is 2.08. The fourth-order valence-electron chi connectivity index (χ4n) is 1.95. The molecule has 0 saturated carbocycles. The second-order valence-corrected chi connectivity index (χ2v) is 4.54. The van der Waals surface area contributed by atoms with Crippen molar-refractivity contribution in [3.05, 3.63) is 53.6 Å². The van der Waals surface area contributed by atoms with Crippen LogP contribution in [0.15, 0.2) is 42.9 Å². The quantitative estimate of drug-likeness (QED) is 0.702. The molecule has 90 valence electrons. The van der Waals surface area contributed by atoms with Crippen LogP contribution in [0.5, 0.6) is 0 Å². The number of rotatable bonds is 2. The van der Waals surface area contributed by atoms with Gasteiger partial charge in [0.05, 0.1) is 5.69 Å². The summed E-state index contributed by atoms with van der Waals surface area (Å²) in [5.41, 5.74) is 3.86. The Morgan fingerprint density at radius 1 is 1.22 bits per heavy atom. The average Bonchev–Trinajstić information content (AvgIpc) is 2.82. The van der Waals surface area contributed by atoms with Crippen LogP contribution < -0.4 is 0 Å². The second-order valence-electron chi connectivity index (χ2n) is 4.10. The number of hydrogen-bond donors (Lipinski definition) is 0. The van der Waals surface area contributed by atoms with Crippen LogP contribution in [0.4, 0.5) is 0 Å². The Kier molecular flexibility index (Phi) is 2.76. The Morgan fingerprint density at radius 2 is 2.00 bits per heavy atom. The first-order valence-electron chi connectivity index (χ1n) is 5.86. The van der Waals surface area contributed by atoms with Crippen molar-refractivity contribution in [3.8, 4) is 11.3 Å². The third kappa shape index (κ3) is 1.87. The SMILES string of the molecule is CCc1cn2ccnc(-c3ccc(Cl)cc3)c2n1. The van der Waals surface area contributed by atoms with Crippen LogP contribution >= 0.6 is 11.6 Å². The summed E-state index contributed by atoms with van der Waals surface area (Å²) < 4.78 is 2.01. The topological polar surface area (TPSA) is 30.2 Å². The Hall–Kier alpha value is -1.87. The van der Waals surface area contributed by atoms with Crippen molar-refractivity contribution in [1.82, 2.24) is 14.4 Å². The van der Waals surface area contributed by atoms with Gasteiger partial charge in [0, 0.05) is 29.2 Å². The van der Waals surface area contributed by atoms with E-state index in [1.165, 1.54) is 0 Å². The van der Waals surface area contributed by atoms with E-state index < -0.39 is 0 Å². The standard InChI is InChI=1S/C14H12ClN3/c1-2-12-9-18-8-7-16-13(14(18)17-12)10-3-5-11(15)6-4-10/h3-9H,2H2,1H3. The van der Waals surface area contributed by atoms with Crippen molar-refractivity contribution >= 4 is 17.2 Å². The van der Waals surface area contributed by atoms with Crippen LogP contribution in [0, 0.1) is 0 Å². The second kappa shape index (κ2) is 4.42. The van der Waals surface area contributed by atoms with Crippen LogP contribution in [0.1, 0.15) is 12.6 Å². The average molecular weight is 258 g/mol. The Labute approximate surface area is 110 Å². The molecule has 0 radical (unpaired) electrons. The highest BCUT2D eigenvalue weighted by atomic mass is 35.5. The summed E-state index contributed by atoms with van der Waals surface area (Å²) >= 11 is 5.90. The zero-order valence-corrected chi connectivity index (χ0v) is 10.7. The van der Waals surface area contributed by atoms with E-state index in [2.05, 4.69) is 16.9 Å². The molecule has 4 heteroatoms. The monoisotopic (exact) mass is 257 g/mol. The highest BCUT2D eigenvalue weighted by Crippen LogP contribution is 2.23. The van der Waals surface area contributed by atoms with Gasteiger partial charge in [0.1, 0.15) is 5.69 Å². The number of aryl methyl sites for hydroxylation is 1. The van der Waals surface area contributed by atoms with Crippen LogP contribution in [-0.2, 0) is 6.42 Å². The summed E-state index contributed by atoms with van der Waals surface area (Å²) in [7, 11) is 0. The molecule has 1 aromatic carbocycles. The molecule has 3 rings (SSSR count). The zero-order valence-electron chi connectivity index (χ0n) is 9.97. The summed E-state index contributed by atoms with van der Waals surface area (Å²) in [5, 5.41) is 0.725. The maximum Gasteiger partial charge on any atom is 0.163 e. The molecule has 0 atom stereocenters. The summed E-state index contributed by atoms with van der Waals surface area (Å²) in [4.78, 5) is 9.03. The summed E-state index contributed by atoms with van der Waals surface area (Å²) in [6.07, 6.45) is 6.66. The lowest BCUT2D eigenvalue weighted by Crippen LogP contribution is -1.90. The molecule has 0 aliphatic heterocycles. The first kappa shape index (κ1) is 11.2. The number of hydrogen-bond acceptors (Lipinski definition) is 2. The Balaban J connectivity index is 2.22. The highest BCUT2D eigenvalue weighted by molar-refractivity contribution is 6.30. The van der Waals surface area contributed by atoms with Gasteiger partial charge in [-0.25, -0.2) is 4.98 Å². The smallest absolute Gasteiger partial charge is 0.163 e. The first-order valence-corrected chi connectivity index (χ1v) is 6.24. The van der Waals surface area contributed by atoms with Gasteiger partial charge in [-0.05, 0) is 18.6 Å². The number of nitrogens with zero attached hydrogens (tertiary/aromatic N) is 3. The summed E-state index contributed by atoms with van der Waals surface area (Å²) in [5.74, 6) is 0. The molecule has 0 saturated heterocycles. The molecule has 3 nitrogen and oxygen atoms in total. The molecule has 2 aromatic heterocycles. The third-order valence-corrected chi connectivity index (χ3v) is 3.16. The molecular weight excluding hydrogens is 246 g/mol. The van der Waals surface area contributed by atoms with Crippen molar-refractivity contribution in [2.45, 2.75) is 13.3 Å². The normalized spacial score (nSPS) is 11.0. The van der Waals surface area contributed by atoms with Crippen molar-refractivity contribution < 1.29 is 0 Å². The van der Waals surface area contributed by atoms with Crippen LogP contribution in [0.3, 0.4) is 0 Å². The Bertz CT molecular complexity index is 686.